The van der Waals surface area contributed by atoms with Crippen LogP contribution in [0.25, 0.3) is 0 Å². The molecule has 0 radical (unpaired) electrons. The summed E-state index contributed by atoms with van der Waals surface area (Å²) < 4.78 is 15.9. The Hall–Kier alpha value is -2.44. The van der Waals surface area contributed by atoms with Crippen LogP contribution in [-0.4, -0.2) is 44.4 Å². The van der Waals surface area contributed by atoms with Gasteiger partial charge in [-0.1, -0.05) is 19.9 Å². The van der Waals surface area contributed by atoms with Crippen molar-refractivity contribution in [1.29, 1.82) is 0 Å². The predicted molar refractivity (Wildman–Crippen MR) is 93.4 cm³/mol. The van der Waals surface area contributed by atoms with Gasteiger partial charge in [-0.25, -0.2) is 4.79 Å². The fourth-order valence-electron chi connectivity index (χ4n) is 2.57. The zero-order valence-electron chi connectivity index (χ0n) is 15.4. The van der Waals surface area contributed by atoms with Crippen molar-refractivity contribution >= 4 is 11.9 Å². The molecule has 7 heteroatoms. The van der Waals surface area contributed by atoms with Gasteiger partial charge in [0.2, 0.25) is 11.7 Å². The molecule has 7 nitrogen and oxygen atoms in total. The number of carboxylic acid groups (broad SMARTS) is 1. The van der Waals surface area contributed by atoms with E-state index in [-0.39, 0.29) is 18.2 Å². The lowest BCUT2D eigenvalue weighted by atomic mass is 10.0. The molecule has 1 aromatic carbocycles. The third-order valence-corrected chi connectivity index (χ3v) is 3.75. The molecular formula is C18H27NO6. The minimum Gasteiger partial charge on any atom is -0.493 e. The van der Waals surface area contributed by atoms with Gasteiger partial charge < -0.3 is 24.6 Å². The smallest absolute Gasteiger partial charge is 0.326 e. The Bertz CT molecular complexity index is 599. The van der Waals surface area contributed by atoms with Gasteiger partial charge in [0.1, 0.15) is 6.04 Å². The molecule has 0 spiro atoms. The summed E-state index contributed by atoms with van der Waals surface area (Å²) in [7, 11) is 4.56. The largest absolute Gasteiger partial charge is 0.493 e. The summed E-state index contributed by atoms with van der Waals surface area (Å²) in [6.07, 6.45) is 0.928. The van der Waals surface area contributed by atoms with Gasteiger partial charge in [0, 0.05) is 6.42 Å². The number of methoxy groups -OCH3 is 3. The van der Waals surface area contributed by atoms with Crippen LogP contribution >= 0.6 is 0 Å². The number of aryl methyl sites for hydroxylation is 1. The number of rotatable bonds is 10. The van der Waals surface area contributed by atoms with Crippen molar-refractivity contribution in [2.24, 2.45) is 5.92 Å². The van der Waals surface area contributed by atoms with E-state index in [9.17, 15) is 14.7 Å². The highest BCUT2D eigenvalue weighted by molar-refractivity contribution is 5.83. The number of hydrogen-bond donors (Lipinski definition) is 2. The van der Waals surface area contributed by atoms with Gasteiger partial charge in [-0.05, 0) is 30.4 Å². The molecule has 0 unspecified atom stereocenters. The van der Waals surface area contributed by atoms with Gasteiger partial charge in [-0.15, -0.1) is 0 Å². The van der Waals surface area contributed by atoms with Crippen LogP contribution in [0.1, 0.15) is 32.3 Å². The van der Waals surface area contributed by atoms with Crippen molar-refractivity contribution < 1.29 is 28.9 Å². The number of carboxylic acids is 1. The van der Waals surface area contributed by atoms with E-state index >= 15 is 0 Å². The first kappa shape index (κ1) is 20.6. The van der Waals surface area contributed by atoms with E-state index in [0.717, 1.165) is 5.56 Å². The molecule has 0 heterocycles. The average molecular weight is 353 g/mol. The minimum atomic E-state index is -1.02. The number of ether oxygens (including phenoxy) is 3. The van der Waals surface area contributed by atoms with E-state index in [1.807, 2.05) is 13.8 Å². The van der Waals surface area contributed by atoms with Gasteiger partial charge in [-0.3, -0.25) is 4.79 Å². The molecule has 0 aliphatic heterocycles. The first-order valence-corrected chi connectivity index (χ1v) is 8.14. The number of nitrogens with one attached hydrogen (secondary N) is 1. The first-order valence-electron chi connectivity index (χ1n) is 8.14. The lowest BCUT2D eigenvalue weighted by molar-refractivity contribution is -0.142. The first-order chi connectivity index (χ1) is 11.8. The van der Waals surface area contributed by atoms with Crippen molar-refractivity contribution in [1.82, 2.24) is 5.32 Å². The van der Waals surface area contributed by atoms with E-state index in [1.54, 1.807) is 12.1 Å². The van der Waals surface area contributed by atoms with Gasteiger partial charge in [0.05, 0.1) is 21.3 Å². The standard InChI is InChI=1S/C18H27NO6/c1-11(2)10-13(18(21)22)19-15(20)9-7-12-6-8-14(23-3)17(25-5)16(12)24-4/h6,8,11,13H,7,9-10H2,1-5H3,(H,19,20)(H,21,22)/t13-/m0/s1. The molecular weight excluding hydrogens is 326 g/mol. The quantitative estimate of drug-likeness (QED) is 0.670. The Morgan fingerprint density at radius 2 is 1.72 bits per heavy atom. The number of aliphatic carboxylic acids is 1. The molecule has 1 amide bonds. The van der Waals surface area contributed by atoms with E-state index in [0.29, 0.717) is 30.1 Å². The molecule has 1 aromatic rings. The predicted octanol–water partition coefficient (Wildman–Crippen LogP) is 2.26. The van der Waals surface area contributed by atoms with E-state index in [2.05, 4.69) is 5.32 Å². The van der Waals surface area contributed by atoms with Crippen molar-refractivity contribution in [3.8, 4) is 17.2 Å². The second-order valence-electron chi connectivity index (χ2n) is 6.08. The lowest BCUT2D eigenvalue weighted by Gasteiger charge is -2.17. The maximum absolute atomic E-state index is 12.1. The molecule has 25 heavy (non-hydrogen) atoms. The Kier molecular flexibility index (Phi) is 8.04. The van der Waals surface area contributed by atoms with Crippen LogP contribution in [0.2, 0.25) is 0 Å². The topological polar surface area (TPSA) is 94.1 Å². The van der Waals surface area contributed by atoms with Crippen LogP contribution in [0.4, 0.5) is 0 Å². The number of carbonyl (C=O) groups excluding carboxylic acids is 1. The number of amides is 1. The molecule has 140 valence electrons. The highest BCUT2D eigenvalue weighted by atomic mass is 16.5. The summed E-state index contributed by atoms with van der Waals surface area (Å²) in [6.45, 7) is 3.83. The lowest BCUT2D eigenvalue weighted by Crippen LogP contribution is -2.41. The Balaban J connectivity index is 2.80. The summed E-state index contributed by atoms with van der Waals surface area (Å²) in [4.78, 5) is 23.4. The van der Waals surface area contributed by atoms with E-state index < -0.39 is 12.0 Å². The van der Waals surface area contributed by atoms with Crippen molar-refractivity contribution in [2.45, 2.75) is 39.2 Å². The molecule has 0 bridgehead atoms. The minimum absolute atomic E-state index is 0.147. The molecule has 0 aliphatic carbocycles. The number of carbonyl (C=O) groups is 2. The van der Waals surface area contributed by atoms with Gasteiger partial charge in [0.25, 0.3) is 0 Å². The van der Waals surface area contributed by atoms with Crippen LogP contribution in [0, 0.1) is 5.92 Å². The molecule has 0 fully saturated rings. The fourth-order valence-corrected chi connectivity index (χ4v) is 2.57. The van der Waals surface area contributed by atoms with Crippen molar-refractivity contribution in [3.05, 3.63) is 17.7 Å². The van der Waals surface area contributed by atoms with Crippen molar-refractivity contribution in [3.63, 3.8) is 0 Å². The molecule has 1 atom stereocenters. The molecule has 2 N–H and O–H groups in total. The zero-order chi connectivity index (χ0) is 19.0. The summed E-state index contributed by atoms with van der Waals surface area (Å²) in [5.41, 5.74) is 0.783. The van der Waals surface area contributed by atoms with E-state index in [4.69, 9.17) is 14.2 Å². The van der Waals surface area contributed by atoms with E-state index in [1.165, 1.54) is 21.3 Å². The highest BCUT2D eigenvalue weighted by Crippen LogP contribution is 2.40. The molecule has 0 saturated heterocycles. The summed E-state index contributed by atoms with van der Waals surface area (Å²) in [5.74, 6) is 0.344. The third kappa shape index (κ3) is 5.85. The Morgan fingerprint density at radius 1 is 1.08 bits per heavy atom. The van der Waals surface area contributed by atoms with Crippen molar-refractivity contribution in [2.75, 3.05) is 21.3 Å². The fraction of sp³-hybridized carbons (Fsp3) is 0.556. The average Bonchev–Trinajstić information content (AvgIpc) is 2.57. The molecule has 1 rings (SSSR count). The maximum Gasteiger partial charge on any atom is 0.326 e. The van der Waals surface area contributed by atoms with Crippen LogP contribution in [0.3, 0.4) is 0 Å². The summed E-state index contributed by atoms with van der Waals surface area (Å²) in [6, 6.07) is 2.67. The normalized spacial score (nSPS) is 11.8. The molecule has 0 aliphatic rings. The molecule has 0 aromatic heterocycles. The Morgan fingerprint density at radius 3 is 2.20 bits per heavy atom. The zero-order valence-corrected chi connectivity index (χ0v) is 15.4. The molecule has 0 saturated carbocycles. The van der Waals surface area contributed by atoms with Gasteiger partial charge >= 0.3 is 5.97 Å². The second kappa shape index (κ2) is 9.76. The Labute approximate surface area is 148 Å². The summed E-state index contributed by atoms with van der Waals surface area (Å²) in [5, 5.41) is 11.8. The monoisotopic (exact) mass is 353 g/mol. The van der Waals surface area contributed by atoms with Crippen LogP contribution < -0.4 is 19.5 Å². The van der Waals surface area contributed by atoms with Crippen LogP contribution in [0.5, 0.6) is 17.2 Å². The summed E-state index contributed by atoms with van der Waals surface area (Å²) >= 11 is 0. The van der Waals surface area contributed by atoms with Gasteiger partial charge in [-0.2, -0.15) is 0 Å². The third-order valence-electron chi connectivity index (χ3n) is 3.75. The second-order valence-corrected chi connectivity index (χ2v) is 6.08. The number of hydrogen-bond acceptors (Lipinski definition) is 5. The van der Waals surface area contributed by atoms with Crippen LogP contribution in [0.15, 0.2) is 12.1 Å². The maximum atomic E-state index is 12.1. The van der Waals surface area contributed by atoms with Crippen LogP contribution in [-0.2, 0) is 16.0 Å². The van der Waals surface area contributed by atoms with Gasteiger partial charge in [0.15, 0.2) is 11.5 Å². The SMILES string of the molecule is COc1ccc(CCC(=O)N[C@@H](CC(C)C)C(=O)O)c(OC)c1OC. The highest BCUT2D eigenvalue weighted by Gasteiger charge is 2.22. The number of benzene rings is 1.